The second-order valence-electron chi connectivity index (χ2n) is 25.3. The van der Waals surface area contributed by atoms with Gasteiger partial charge in [-0.25, -0.2) is 0 Å². The van der Waals surface area contributed by atoms with Gasteiger partial charge in [-0.2, -0.15) is 0 Å². The lowest BCUT2D eigenvalue weighted by atomic mass is 9.97. The molecule has 2 fully saturated rings. The molecule has 0 spiro atoms. The first-order valence-electron chi connectivity index (χ1n) is 36.9. The van der Waals surface area contributed by atoms with Crippen LogP contribution in [0.3, 0.4) is 0 Å². The van der Waals surface area contributed by atoms with Gasteiger partial charge in [-0.15, -0.1) is 0 Å². The van der Waals surface area contributed by atoms with E-state index in [-0.39, 0.29) is 18.9 Å². The second-order valence-corrected chi connectivity index (χ2v) is 25.3. The number of hydrogen-bond acceptors (Lipinski definition) is 13. The third kappa shape index (κ3) is 45.3. The van der Waals surface area contributed by atoms with Crippen molar-refractivity contribution >= 4 is 5.91 Å². The Morgan fingerprint density at radius 3 is 1.18 bits per heavy atom. The van der Waals surface area contributed by atoms with Gasteiger partial charge in [0.05, 0.1) is 32.0 Å². The van der Waals surface area contributed by atoms with Crippen LogP contribution in [-0.2, 0) is 23.7 Å². The average molecular weight is 1300 g/mol. The molecule has 2 rings (SSSR count). The number of unbranched alkanes of at least 4 members (excludes halogenated alkanes) is 26. The number of carbonyl (C=O) groups excluding carboxylic acids is 1. The Kier molecular flexibility index (Phi) is 56.5. The zero-order valence-corrected chi connectivity index (χ0v) is 57.9. The van der Waals surface area contributed by atoms with Crippen molar-refractivity contribution < 1.29 is 64.6 Å². The van der Waals surface area contributed by atoms with Gasteiger partial charge in [0.2, 0.25) is 5.91 Å². The maximum Gasteiger partial charge on any atom is 0.220 e. The third-order valence-electron chi connectivity index (χ3n) is 17.0. The first-order valence-corrected chi connectivity index (χ1v) is 36.9. The molecule has 0 aromatic carbocycles. The zero-order valence-electron chi connectivity index (χ0n) is 57.9. The van der Waals surface area contributed by atoms with Crippen LogP contribution in [0.15, 0.2) is 134 Å². The van der Waals surface area contributed by atoms with Crippen LogP contribution in [0.5, 0.6) is 0 Å². The molecule has 12 atom stereocenters. The first kappa shape index (κ1) is 85.2. The van der Waals surface area contributed by atoms with Crippen LogP contribution >= 0.6 is 0 Å². The quantitative estimate of drug-likeness (QED) is 0.0204. The van der Waals surface area contributed by atoms with Crippen molar-refractivity contribution in [1.29, 1.82) is 0 Å². The van der Waals surface area contributed by atoms with Gasteiger partial charge in [-0.3, -0.25) is 4.79 Å². The van der Waals surface area contributed by atoms with Crippen LogP contribution in [0.4, 0.5) is 0 Å². The van der Waals surface area contributed by atoms with Crippen molar-refractivity contribution in [1.82, 2.24) is 5.32 Å². The maximum atomic E-state index is 13.3. The fourth-order valence-electron chi connectivity index (χ4n) is 11.2. The number of ether oxygens (including phenoxy) is 4. The molecule has 0 aromatic heterocycles. The van der Waals surface area contributed by atoms with Crippen molar-refractivity contribution in [3.63, 3.8) is 0 Å². The van der Waals surface area contributed by atoms with E-state index < -0.39 is 86.8 Å². The first-order chi connectivity index (χ1) is 45.6. The Hall–Kier alpha value is -3.87. The van der Waals surface area contributed by atoms with Crippen molar-refractivity contribution in [2.24, 2.45) is 0 Å². The molecular formula is C79H133NO13. The van der Waals surface area contributed by atoms with Crippen LogP contribution in [0, 0.1) is 0 Å². The summed E-state index contributed by atoms with van der Waals surface area (Å²) >= 11 is 0. The lowest BCUT2D eigenvalue weighted by molar-refractivity contribution is -0.359. The Morgan fingerprint density at radius 1 is 0.398 bits per heavy atom. The summed E-state index contributed by atoms with van der Waals surface area (Å²) in [5.41, 5.74) is 0. The zero-order chi connectivity index (χ0) is 67.3. The Bertz CT molecular complexity index is 2070. The average Bonchev–Trinajstić information content (AvgIpc) is 0.854. The van der Waals surface area contributed by atoms with Gasteiger partial charge in [0.15, 0.2) is 12.6 Å². The van der Waals surface area contributed by atoms with Crippen LogP contribution in [-0.4, -0.2) is 140 Å². The predicted molar refractivity (Wildman–Crippen MR) is 382 cm³/mol. The number of allylic oxidation sites excluding steroid dienone is 21. The van der Waals surface area contributed by atoms with E-state index in [0.29, 0.717) is 12.8 Å². The lowest BCUT2D eigenvalue weighted by Gasteiger charge is -2.46. The molecule has 0 radical (unpaired) electrons. The fraction of sp³-hybridized carbons (Fsp3) is 0.709. The minimum atomic E-state index is -1.80. The molecule has 14 heteroatoms. The molecule has 2 aliphatic rings. The third-order valence-corrected chi connectivity index (χ3v) is 17.0. The number of carbonyl (C=O) groups is 1. The van der Waals surface area contributed by atoms with Gasteiger partial charge in [-0.05, 0) is 109 Å². The molecule has 0 bridgehead atoms. The molecule has 12 unspecified atom stereocenters. The number of nitrogens with one attached hydrogen (secondary N) is 1. The summed E-state index contributed by atoms with van der Waals surface area (Å²) in [7, 11) is 0. The molecule has 2 saturated heterocycles. The van der Waals surface area contributed by atoms with Crippen molar-refractivity contribution in [2.75, 3.05) is 19.8 Å². The van der Waals surface area contributed by atoms with E-state index in [2.05, 4.69) is 141 Å². The van der Waals surface area contributed by atoms with E-state index in [1.54, 1.807) is 6.08 Å². The largest absolute Gasteiger partial charge is 0.394 e. The minimum Gasteiger partial charge on any atom is -0.394 e. The van der Waals surface area contributed by atoms with Crippen LogP contribution in [0.25, 0.3) is 0 Å². The van der Waals surface area contributed by atoms with E-state index in [0.717, 1.165) is 103 Å². The summed E-state index contributed by atoms with van der Waals surface area (Å²) in [6.45, 7) is 2.65. The van der Waals surface area contributed by atoms with Gasteiger partial charge in [0.1, 0.15) is 48.8 Å². The molecule has 0 saturated carbocycles. The number of aliphatic hydroxyl groups is 8. The smallest absolute Gasteiger partial charge is 0.220 e. The lowest BCUT2D eigenvalue weighted by Crippen LogP contribution is -2.65. The molecular weight excluding hydrogens is 1170 g/mol. The van der Waals surface area contributed by atoms with Crippen LogP contribution < -0.4 is 5.32 Å². The highest BCUT2D eigenvalue weighted by Gasteiger charge is 2.51. The standard InChI is InChI=1S/C79H133NO13/c1-3-5-7-9-11-13-15-17-19-21-23-25-27-29-31-33-35-36-38-40-42-44-46-48-50-52-54-56-58-60-62-68(83)67(66-90-78-76(89)74(87)77(70(65-82)92-78)93-79-75(88)73(86)72(85)69(64-81)91-79)80-71(84)63-61-59-57-55-53-51-49-47-45-43-41-39-37-34-32-30-28-26-24-22-20-18-16-14-12-10-8-6-4-2/h6,8,12,14,18,20,24,26,30,32,37,39,43-46,49,51-52,54,60,62,67-70,72-79,81-83,85-89H,3-5,7,9-11,13,15-17,19,21-23,25,27-29,31,33-36,38,40-42,47-48,50,53,55-59,61,63-66H2,1-2H3,(H,80,84)/b8-6-,14-12-,20-18-,26-24-,32-30-,39-37-,45-43-,46-44+,51-49-,54-52+,62-60+. The SMILES string of the molecule is CC/C=C\C/C=C\C/C=C\C/C=C\C/C=C\C/C=C\C/C=C\C/C=C\CCCCCCC(=O)NC(COC1OC(CO)C(OC2OC(CO)C(O)C(O)C2O)C(O)C1O)C(O)/C=C/CC/C=C/CC/C=C/CCCCCCCCCCCCCCCCCCCCCC. The van der Waals surface area contributed by atoms with Gasteiger partial charge in [0, 0.05) is 6.42 Å². The summed E-state index contributed by atoms with van der Waals surface area (Å²) in [5.74, 6) is -0.282. The highest BCUT2D eigenvalue weighted by Crippen LogP contribution is 2.30. The van der Waals surface area contributed by atoms with Crippen molar-refractivity contribution in [2.45, 2.75) is 338 Å². The van der Waals surface area contributed by atoms with Gasteiger partial charge in [0.25, 0.3) is 0 Å². The summed E-state index contributed by atoms with van der Waals surface area (Å²) in [6, 6.07) is -0.965. The summed E-state index contributed by atoms with van der Waals surface area (Å²) < 4.78 is 22.8. The molecule has 0 aliphatic carbocycles. The van der Waals surface area contributed by atoms with E-state index in [1.165, 1.54) is 128 Å². The topological polar surface area (TPSA) is 228 Å². The molecule has 93 heavy (non-hydrogen) atoms. The number of hydrogen-bond donors (Lipinski definition) is 9. The van der Waals surface area contributed by atoms with Gasteiger partial charge >= 0.3 is 0 Å². The summed E-state index contributed by atoms with van der Waals surface area (Å²) in [5, 5.41) is 87.5. The molecule has 532 valence electrons. The molecule has 14 nitrogen and oxygen atoms in total. The van der Waals surface area contributed by atoms with E-state index in [1.807, 2.05) is 6.08 Å². The second kappa shape index (κ2) is 61.7. The highest BCUT2D eigenvalue weighted by atomic mass is 16.7. The number of aliphatic hydroxyl groups excluding tert-OH is 8. The van der Waals surface area contributed by atoms with Gasteiger partial charge < -0.3 is 65.1 Å². The minimum absolute atomic E-state index is 0.231. The predicted octanol–water partition coefficient (Wildman–Crippen LogP) is 15.8. The molecule has 2 aliphatic heterocycles. The monoisotopic (exact) mass is 1300 g/mol. The van der Waals surface area contributed by atoms with Crippen LogP contribution in [0.2, 0.25) is 0 Å². The van der Waals surface area contributed by atoms with Gasteiger partial charge in [-0.1, -0.05) is 282 Å². The van der Waals surface area contributed by atoms with Crippen molar-refractivity contribution in [3.8, 4) is 0 Å². The Labute approximate surface area is 564 Å². The molecule has 1 amide bonds. The van der Waals surface area contributed by atoms with E-state index in [4.69, 9.17) is 18.9 Å². The van der Waals surface area contributed by atoms with Crippen LogP contribution in [0.1, 0.15) is 264 Å². The Morgan fingerprint density at radius 2 is 0.753 bits per heavy atom. The maximum absolute atomic E-state index is 13.3. The summed E-state index contributed by atoms with van der Waals surface area (Å²) in [4.78, 5) is 13.3. The van der Waals surface area contributed by atoms with E-state index >= 15 is 0 Å². The summed E-state index contributed by atoms with van der Waals surface area (Å²) in [6.07, 6.45) is 75.1. The van der Waals surface area contributed by atoms with E-state index in [9.17, 15) is 45.6 Å². The normalized spacial score (nSPS) is 23.4. The molecule has 9 N–H and O–H groups in total. The highest BCUT2D eigenvalue weighted by molar-refractivity contribution is 5.76. The molecule has 0 aromatic rings. The Balaban J connectivity index is 1.72. The molecule has 2 heterocycles. The fourth-order valence-corrected chi connectivity index (χ4v) is 11.2. The van der Waals surface area contributed by atoms with Crippen molar-refractivity contribution in [3.05, 3.63) is 134 Å². The number of rotatable bonds is 59. The number of amides is 1.